The number of unbranched alkanes of at least 4 members (excludes halogenated alkanes) is 7. The quantitative estimate of drug-likeness (QED) is 0.515. The zero-order valence-corrected chi connectivity index (χ0v) is 15.0. The fourth-order valence-electron chi connectivity index (χ4n) is 2.70. The van der Waals surface area contributed by atoms with Gasteiger partial charge >= 0.3 is 0 Å². The summed E-state index contributed by atoms with van der Waals surface area (Å²) >= 11 is 0. The van der Waals surface area contributed by atoms with Gasteiger partial charge in [-0.05, 0) is 31.8 Å². The molecule has 1 fully saturated rings. The standard InChI is InChI=1S/C15H31N.CH4O3S/c1-3-4-5-6-7-8-9-10-12-16-13-11-15(2)14-16;1-5(2,3)4/h15H,3-14H2,1-2H3;1H3,(H,2,3,4). The Morgan fingerprint density at radius 1 is 1.05 bits per heavy atom. The van der Waals surface area contributed by atoms with Crippen molar-refractivity contribution in [3.63, 3.8) is 0 Å². The van der Waals surface area contributed by atoms with Gasteiger partial charge in [0.15, 0.2) is 0 Å². The molecule has 0 aliphatic carbocycles. The lowest BCUT2D eigenvalue weighted by molar-refractivity contribution is 0.317. The molecule has 0 saturated carbocycles. The molecule has 0 bridgehead atoms. The van der Waals surface area contributed by atoms with Gasteiger partial charge in [-0.25, -0.2) is 0 Å². The third-order valence-corrected chi connectivity index (χ3v) is 3.84. The summed E-state index contributed by atoms with van der Waals surface area (Å²) in [5, 5.41) is 0. The van der Waals surface area contributed by atoms with E-state index in [1.54, 1.807) is 0 Å². The average Bonchev–Trinajstić information content (AvgIpc) is 2.76. The van der Waals surface area contributed by atoms with Gasteiger partial charge in [-0.3, -0.25) is 4.55 Å². The molecule has 1 unspecified atom stereocenters. The van der Waals surface area contributed by atoms with E-state index < -0.39 is 10.1 Å². The van der Waals surface area contributed by atoms with Crippen LogP contribution in [0.1, 0.15) is 71.6 Å². The van der Waals surface area contributed by atoms with E-state index in [9.17, 15) is 8.42 Å². The summed E-state index contributed by atoms with van der Waals surface area (Å²) in [7, 11) is -3.67. The number of hydrogen-bond donors (Lipinski definition) is 1. The zero-order chi connectivity index (χ0) is 16.1. The molecule has 21 heavy (non-hydrogen) atoms. The molecule has 1 saturated heterocycles. The first-order valence-electron chi connectivity index (χ1n) is 8.47. The maximum Gasteiger partial charge on any atom is 0.261 e. The highest BCUT2D eigenvalue weighted by atomic mass is 32.2. The van der Waals surface area contributed by atoms with Crippen LogP contribution in [0.4, 0.5) is 0 Å². The Bertz CT molecular complexity index is 322. The second-order valence-corrected chi connectivity index (χ2v) is 7.87. The third-order valence-electron chi connectivity index (χ3n) is 3.84. The van der Waals surface area contributed by atoms with Crippen LogP contribution in [0.2, 0.25) is 0 Å². The number of hydrogen-bond acceptors (Lipinski definition) is 3. The van der Waals surface area contributed by atoms with E-state index in [-0.39, 0.29) is 0 Å². The predicted octanol–water partition coefficient (Wildman–Crippen LogP) is 3.97. The van der Waals surface area contributed by atoms with Crippen molar-refractivity contribution in [2.24, 2.45) is 5.92 Å². The Morgan fingerprint density at radius 2 is 1.52 bits per heavy atom. The molecule has 1 aliphatic heterocycles. The van der Waals surface area contributed by atoms with E-state index in [0.717, 1.165) is 5.92 Å². The lowest BCUT2D eigenvalue weighted by Crippen LogP contribution is -2.21. The maximum absolute atomic E-state index is 9.19. The minimum absolute atomic E-state index is 0.715. The van der Waals surface area contributed by atoms with Gasteiger partial charge in [0.25, 0.3) is 10.1 Å². The normalized spacial score (nSPS) is 19.3. The fraction of sp³-hybridized carbons (Fsp3) is 1.00. The van der Waals surface area contributed by atoms with Gasteiger partial charge in [0, 0.05) is 6.54 Å². The van der Waals surface area contributed by atoms with Crippen molar-refractivity contribution in [3.05, 3.63) is 0 Å². The molecule has 1 atom stereocenters. The molecule has 1 N–H and O–H groups in total. The second-order valence-electron chi connectivity index (χ2n) is 6.40. The molecule has 1 aliphatic rings. The van der Waals surface area contributed by atoms with Crippen molar-refractivity contribution in [1.82, 2.24) is 4.90 Å². The Kier molecular flexibility index (Phi) is 12.3. The van der Waals surface area contributed by atoms with Crippen molar-refractivity contribution in [2.45, 2.75) is 71.6 Å². The largest absolute Gasteiger partial charge is 0.303 e. The first kappa shape index (κ1) is 20.9. The summed E-state index contributed by atoms with van der Waals surface area (Å²) in [5.74, 6) is 0.953. The Morgan fingerprint density at radius 3 is 1.95 bits per heavy atom. The number of rotatable bonds is 9. The molecule has 1 rings (SSSR count). The van der Waals surface area contributed by atoms with Crippen LogP contribution in [-0.2, 0) is 10.1 Å². The minimum atomic E-state index is -3.67. The minimum Gasteiger partial charge on any atom is -0.303 e. The predicted molar refractivity (Wildman–Crippen MR) is 90.3 cm³/mol. The molecule has 0 spiro atoms. The maximum atomic E-state index is 9.19. The van der Waals surface area contributed by atoms with Crippen LogP contribution in [0, 0.1) is 5.92 Å². The second kappa shape index (κ2) is 12.4. The van der Waals surface area contributed by atoms with E-state index in [2.05, 4.69) is 18.7 Å². The third kappa shape index (κ3) is 17.8. The van der Waals surface area contributed by atoms with Crippen molar-refractivity contribution in [3.8, 4) is 0 Å². The highest BCUT2D eigenvalue weighted by Gasteiger charge is 2.17. The molecular formula is C16H35NO3S. The molecule has 0 radical (unpaired) electrons. The van der Waals surface area contributed by atoms with E-state index in [4.69, 9.17) is 4.55 Å². The Hall–Kier alpha value is -0.130. The molecule has 0 amide bonds. The van der Waals surface area contributed by atoms with Gasteiger partial charge in [-0.1, -0.05) is 58.8 Å². The van der Waals surface area contributed by atoms with Crippen LogP contribution in [0.15, 0.2) is 0 Å². The van der Waals surface area contributed by atoms with Crippen molar-refractivity contribution >= 4 is 10.1 Å². The van der Waals surface area contributed by atoms with E-state index in [1.807, 2.05) is 0 Å². The van der Waals surface area contributed by atoms with Crippen LogP contribution < -0.4 is 0 Å². The molecule has 128 valence electrons. The van der Waals surface area contributed by atoms with Gasteiger partial charge in [0.05, 0.1) is 6.26 Å². The summed E-state index contributed by atoms with van der Waals surface area (Å²) in [6, 6.07) is 0. The van der Waals surface area contributed by atoms with Gasteiger partial charge < -0.3 is 4.90 Å². The molecule has 0 aromatic carbocycles. The van der Waals surface area contributed by atoms with Gasteiger partial charge in [0.1, 0.15) is 0 Å². The first-order chi connectivity index (χ1) is 9.83. The van der Waals surface area contributed by atoms with E-state index in [0.29, 0.717) is 6.26 Å². The van der Waals surface area contributed by atoms with Crippen LogP contribution >= 0.6 is 0 Å². The number of likely N-dealkylation sites (tertiary alicyclic amines) is 1. The molecule has 0 aromatic heterocycles. The molecular weight excluding hydrogens is 286 g/mol. The highest BCUT2D eigenvalue weighted by Crippen LogP contribution is 2.16. The van der Waals surface area contributed by atoms with E-state index in [1.165, 1.54) is 77.4 Å². The van der Waals surface area contributed by atoms with Crippen LogP contribution in [0.5, 0.6) is 0 Å². The monoisotopic (exact) mass is 321 g/mol. The summed E-state index contributed by atoms with van der Waals surface area (Å²) in [4.78, 5) is 2.65. The summed E-state index contributed by atoms with van der Waals surface area (Å²) in [6.45, 7) is 8.75. The Labute approximate surface area is 132 Å². The lowest BCUT2D eigenvalue weighted by Gasteiger charge is -2.14. The lowest BCUT2D eigenvalue weighted by atomic mass is 10.1. The smallest absolute Gasteiger partial charge is 0.261 e. The van der Waals surface area contributed by atoms with Crippen LogP contribution in [0.25, 0.3) is 0 Å². The van der Waals surface area contributed by atoms with Crippen LogP contribution in [0.3, 0.4) is 0 Å². The van der Waals surface area contributed by atoms with Crippen LogP contribution in [-0.4, -0.2) is 43.8 Å². The highest BCUT2D eigenvalue weighted by molar-refractivity contribution is 7.85. The fourth-order valence-corrected chi connectivity index (χ4v) is 2.70. The van der Waals surface area contributed by atoms with Crippen molar-refractivity contribution in [2.75, 3.05) is 25.9 Å². The summed E-state index contributed by atoms with van der Waals surface area (Å²) in [6.07, 6.45) is 13.7. The van der Waals surface area contributed by atoms with Gasteiger partial charge in [0.2, 0.25) is 0 Å². The zero-order valence-electron chi connectivity index (χ0n) is 14.2. The molecule has 5 heteroatoms. The number of nitrogens with zero attached hydrogens (tertiary/aromatic N) is 1. The summed E-state index contributed by atoms with van der Waals surface area (Å²) in [5.41, 5.74) is 0. The van der Waals surface area contributed by atoms with Gasteiger partial charge in [-0.15, -0.1) is 0 Å². The van der Waals surface area contributed by atoms with E-state index >= 15 is 0 Å². The molecule has 1 heterocycles. The average molecular weight is 322 g/mol. The van der Waals surface area contributed by atoms with Crippen molar-refractivity contribution < 1.29 is 13.0 Å². The summed E-state index contributed by atoms with van der Waals surface area (Å²) < 4.78 is 25.9. The first-order valence-corrected chi connectivity index (χ1v) is 10.3. The molecule has 4 nitrogen and oxygen atoms in total. The topological polar surface area (TPSA) is 57.6 Å². The van der Waals surface area contributed by atoms with Gasteiger partial charge in [-0.2, -0.15) is 8.42 Å². The molecule has 0 aromatic rings. The SMILES string of the molecule is CCCCCCCCCCN1CCC(C)C1.CS(=O)(=O)O. The Balaban J connectivity index is 0.000000690. The van der Waals surface area contributed by atoms with Crippen molar-refractivity contribution in [1.29, 1.82) is 0 Å².